The molecule has 1 heterocycles. The van der Waals surface area contributed by atoms with Gasteiger partial charge in [-0.05, 0) is 30.5 Å². The molecule has 2 aromatic rings. The quantitative estimate of drug-likeness (QED) is 0.703. The van der Waals surface area contributed by atoms with E-state index >= 15 is 0 Å². The molecule has 1 atom stereocenters. The molecule has 0 saturated carbocycles. The van der Waals surface area contributed by atoms with E-state index in [0.717, 1.165) is 30.7 Å². The maximum Gasteiger partial charge on any atom is 0.229 e. The van der Waals surface area contributed by atoms with Crippen molar-refractivity contribution in [3.05, 3.63) is 66.2 Å². The minimum Gasteiger partial charge on any atom is -0.376 e. The first kappa shape index (κ1) is 20.1. The average molecular weight is 380 g/mol. The molecule has 1 aliphatic rings. The third kappa shape index (κ3) is 5.67. The molecule has 0 bridgehead atoms. The maximum absolute atomic E-state index is 13.1. The molecule has 0 aromatic heterocycles. The lowest BCUT2D eigenvalue weighted by molar-refractivity contribution is -0.131. The predicted octanol–water partition coefficient (Wildman–Crippen LogP) is 3.64. The predicted molar refractivity (Wildman–Crippen MR) is 110 cm³/mol. The third-order valence-corrected chi connectivity index (χ3v) is 5.04. The molecular formula is C23H28N2O3. The van der Waals surface area contributed by atoms with E-state index in [9.17, 15) is 9.59 Å². The van der Waals surface area contributed by atoms with E-state index in [2.05, 4.69) is 0 Å². The Morgan fingerprint density at radius 2 is 1.71 bits per heavy atom. The van der Waals surface area contributed by atoms with Crippen LogP contribution in [0.1, 0.15) is 31.7 Å². The average Bonchev–Trinajstić information content (AvgIpc) is 3.23. The van der Waals surface area contributed by atoms with E-state index in [1.165, 1.54) is 0 Å². The molecule has 0 radical (unpaired) electrons. The van der Waals surface area contributed by atoms with Crippen molar-refractivity contribution in [1.29, 1.82) is 0 Å². The van der Waals surface area contributed by atoms with Gasteiger partial charge in [-0.25, -0.2) is 0 Å². The molecule has 3 rings (SSSR count). The number of hydrogen-bond acceptors (Lipinski definition) is 3. The van der Waals surface area contributed by atoms with Crippen molar-refractivity contribution in [2.24, 2.45) is 0 Å². The van der Waals surface area contributed by atoms with Crippen LogP contribution in [0.5, 0.6) is 0 Å². The normalized spacial score (nSPS) is 16.0. The van der Waals surface area contributed by atoms with Crippen LogP contribution in [0.3, 0.4) is 0 Å². The van der Waals surface area contributed by atoms with Gasteiger partial charge < -0.3 is 14.5 Å². The van der Waals surface area contributed by atoms with E-state index in [-0.39, 0.29) is 24.3 Å². The number of ether oxygens (including phenoxy) is 1. The summed E-state index contributed by atoms with van der Waals surface area (Å²) in [5.74, 6) is -0.00809. The van der Waals surface area contributed by atoms with Gasteiger partial charge in [0.1, 0.15) is 0 Å². The molecule has 5 heteroatoms. The fraction of sp³-hybridized carbons (Fsp3) is 0.391. The summed E-state index contributed by atoms with van der Waals surface area (Å²) >= 11 is 0. The van der Waals surface area contributed by atoms with Crippen LogP contribution in [0.2, 0.25) is 0 Å². The first-order chi connectivity index (χ1) is 13.6. The number of hydrogen-bond donors (Lipinski definition) is 0. The molecule has 148 valence electrons. The van der Waals surface area contributed by atoms with Gasteiger partial charge >= 0.3 is 0 Å². The summed E-state index contributed by atoms with van der Waals surface area (Å²) in [6.45, 7) is 3.79. The van der Waals surface area contributed by atoms with E-state index < -0.39 is 0 Å². The van der Waals surface area contributed by atoms with E-state index in [0.29, 0.717) is 19.6 Å². The lowest BCUT2D eigenvalue weighted by Gasteiger charge is -2.27. The van der Waals surface area contributed by atoms with E-state index in [1.807, 2.05) is 60.7 Å². The highest BCUT2D eigenvalue weighted by Gasteiger charge is 2.23. The first-order valence-electron chi connectivity index (χ1n) is 9.90. The van der Waals surface area contributed by atoms with Gasteiger partial charge in [-0.3, -0.25) is 9.59 Å². The van der Waals surface area contributed by atoms with Gasteiger partial charge in [0.15, 0.2) is 0 Å². The van der Waals surface area contributed by atoms with Crippen molar-refractivity contribution in [2.45, 2.75) is 38.8 Å². The van der Waals surface area contributed by atoms with Crippen LogP contribution < -0.4 is 4.90 Å². The van der Waals surface area contributed by atoms with Gasteiger partial charge in [0, 0.05) is 38.7 Å². The smallest absolute Gasteiger partial charge is 0.229 e. The molecule has 5 nitrogen and oxygen atoms in total. The second-order valence-electron chi connectivity index (χ2n) is 7.15. The lowest BCUT2D eigenvalue weighted by Crippen LogP contribution is -2.39. The number of carbonyl (C=O) groups excluding carboxylic acids is 2. The molecule has 2 aromatic carbocycles. The molecule has 28 heavy (non-hydrogen) atoms. The fourth-order valence-electron chi connectivity index (χ4n) is 3.47. The van der Waals surface area contributed by atoms with Crippen LogP contribution in [0.15, 0.2) is 60.7 Å². The topological polar surface area (TPSA) is 49.9 Å². The second-order valence-corrected chi connectivity index (χ2v) is 7.15. The van der Waals surface area contributed by atoms with Crippen molar-refractivity contribution in [3.63, 3.8) is 0 Å². The van der Waals surface area contributed by atoms with Gasteiger partial charge in [-0.15, -0.1) is 0 Å². The molecule has 1 fully saturated rings. The Morgan fingerprint density at radius 1 is 1.04 bits per heavy atom. The highest BCUT2D eigenvalue weighted by Crippen LogP contribution is 2.19. The number of anilines is 1. The molecule has 2 amide bonds. The number of carbonyl (C=O) groups is 2. The van der Waals surface area contributed by atoms with Gasteiger partial charge in [-0.1, -0.05) is 48.5 Å². The molecule has 1 unspecified atom stereocenters. The summed E-state index contributed by atoms with van der Waals surface area (Å²) in [4.78, 5) is 28.6. The Balaban J connectivity index is 1.67. The zero-order valence-electron chi connectivity index (χ0n) is 16.4. The van der Waals surface area contributed by atoms with E-state index in [4.69, 9.17) is 4.74 Å². The molecular weight excluding hydrogens is 352 g/mol. The number of para-hydroxylation sites is 1. The standard InChI is InChI=1S/C23H28N2O3/c1-19(26)24(18-22-13-8-16-28-22)15-14-23(27)25(21-11-6-3-7-12-21)17-20-9-4-2-5-10-20/h2-7,9-12,22H,8,13-18H2,1H3. The van der Waals surface area contributed by atoms with Crippen LogP contribution in [0.25, 0.3) is 0 Å². The van der Waals surface area contributed by atoms with Gasteiger partial charge in [0.05, 0.1) is 12.6 Å². The number of rotatable bonds is 8. The van der Waals surface area contributed by atoms with Crippen LogP contribution in [0.4, 0.5) is 5.69 Å². The minimum absolute atomic E-state index is 0.00800. The molecule has 0 aliphatic carbocycles. The SMILES string of the molecule is CC(=O)N(CCC(=O)N(Cc1ccccc1)c1ccccc1)CC1CCCO1. The fourth-order valence-corrected chi connectivity index (χ4v) is 3.47. The Morgan fingerprint density at radius 3 is 2.32 bits per heavy atom. The third-order valence-electron chi connectivity index (χ3n) is 5.04. The maximum atomic E-state index is 13.1. The highest BCUT2D eigenvalue weighted by molar-refractivity contribution is 5.93. The Bertz CT molecular complexity index is 758. The monoisotopic (exact) mass is 380 g/mol. The summed E-state index contributed by atoms with van der Waals surface area (Å²) in [5.41, 5.74) is 1.94. The summed E-state index contributed by atoms with van der Waals surface area (Å²) < 4.78 is 5.65. The molecule has 0 N–H and O–H groups in total. The Labute approximate surface area is 166 Å². The van der Waals surface area contributed by atoms with E-state index in [1.54, 1.807) is 16.7 Å². The molecule has 1 aliphatic heterocycles. The zero-order valence-corrected chi connectivity index (χ0v) is 16.4. The number of benzene rings is 2. The van der Waals surface area contributed by atoms with Crippen molar-refractivity contribution in [1.82, 2.24) is 4.90 Å². The summed E-state index contributed by atoms with van der Waals surface area (Å²) in [5, 5.41) is 0. The Hall–Kier alpha value is -2.66. The van der Waals surface area contributed by atoms with Crippen molar-refractivity contribution in [3.8, 4) is 0 Å². The highest BCUT2D eigenvalue weighted by atomic mass is 16.5. The van der Waals surface area contributed by atoms with Crippen molar-refractivity contribution < 1.29 is 14.3 Å². The number of amides is 2. The van der Waals surface area contributed by atoms with Crippen LogP contribution in [-0.4, -0.2) is 42.5 Å². The molecule has 1 saturated heterocycles. The van der Waals surface area contributed by atoms with Crippen LogP contribution in [0, 0.1) is 0 Å². The summed E-state index contributed by atoms with van der Waals surface area (Å²) in [6.07, 6.45) is 2.39. The van der Waals surface area contributed by atoms with Gasteiger partial charge in [0.2, 0.25) is 11.8 Å². The second kappa shape index (κ2) is 10.0. The van der Waals surface area contributed by atoms with Gasteiger partial charge in [0.25, 0.3) is 0 Å². The minimum atomic E-state index is -0.0161. The summed E-state index contributed by atoms with van der Waals surface area (Å²) in [6, 6.07) is 19.6. The van der Waals surface area contributed by atoms with Crippen molar-refractivity contribution in [2.75, 3.05) is 24.6 Å². The lowest BCUT2D eigenvalue weighted by atomic mass is 10.1. The van der Waals surface area contributed by atoms with Crippen molar-refractivity contribution >= 4 is 17.5 Å². The van der Waals surface area contributed by atoms with Gasteiger partial charge in [-0.2, -0.15) is 0 Å². The molecule has 0 spiro atoms. The number of nitrogens with zero attached hydrogens (tertiary/aromatic N) is 2. The zero-order chi connectivity index (χ0) is 19.8. The van der Waals surface area contributed by atoms with Crippen LogP contribution in [-0.2, 0) is 20.9 Å². The summed E-state index contributed by atoms with van der Waals surface area (Å²) in [7, 11) is 0. The largest absolute Gasteiger partial charge is 0.376 e. The van der Waals surface area contributed by atoms with Crippen LogP contribution >= 0.6 is 0 Å². The Kier molecular flexibility index (Phi) is 7.20. The first-order valence-corrected chi connectivity index (χ1v) is 9.90.